The van der Waals surface area contributed by atoms with Crippen LogP contribution in [0.15, 0.2) is 41.9 Å². The van der Waals surface area contributed by atoms with Crippen molar-refractivity contribution in [3.05, 3.63) is 42.5 Å². The Morgan fingerprint density at radius 2 is 1.96 bits per heavy atom. The minimum atomic E-state index is 0. The molecular formula is C18H29IN6. The molecule has 0 aliphatic heterocycles. The van der Waals surface area contributed by atoms with E-state index in [1.54, 1.807) is 11.0 Å². The molecule has 6 nitrogen and oxygen atoms in total. The zero-order valence-corrected chi connectivity index (χ0v) is 17.6. The van der Waals surface area contributed by atoms with Gasteiger partial charge in [0.15, 0.2) is 5.96 Å². The zero-order valence-electron chi connectivity index (χ0n) is 15.3. The number of aliphatic imine (C=N–C) groups is 1. The maximum Gasteiger partial charge on any atom is 0.191 e. The highest BCUT2D eigenvalue weighted by Crippen LogP contribution is 2.09. The molecule has 7 heteroatoms. The second kappa shape index (κ2) is 11.8. The predicted molar refractivity (Wildman–Crippen MR) is 114 cm³/mol. The number of halogens is 1. The van der Waals surface area contributed by atoms with Gasteiger partial charge in [-0.15, -0.1) is 24.0 Å². The van der Waals surface area contributed by atoms with Crippen molar-refractivity contribution < 1.29 is 0 Å². The van der Waals surface area contributed by atoms with E-state index in [2.05, 4.69) is 58.6 Å². The van der Waals surface area contributed by atoms with Crippen molar-refractivity contribution in [1.29, 1.82) is 0 Å². The highest BCUT2D eigenvalue weighted by Gasteiger charge is 2.00. The average molecular weight is 456 g/mol. The molecule has 0 aliphatic rings. The number of nitrogens with one attached hydrogen (secondary N) is 2. The second-order valence-corrected chi connectivity index (χ2v) is 6.16. The number of aromatic nitrogens is 3. The summed E-state index contributed by atoms with van der Waals surface area (Å²) in [6, 6.07) is 8.21. The Bertz CT molecular complexity index is 607. The van der Waals surface area contributed by atoms with Gasteiger partial charge in [-0.25, -0.2) is 14.7 Å². The summed E-state index contributed by atoms with van der Waals surface area (Å²) in [5, 5.41) is 10.8. The van der Waals surface area contributed by atoms with Crippen LogP contribution in [-0.2, 0) is 6.54 Å². The SMILES string of the molecule is CCNC(=NCc1ccc(-n2cncn2)cc1)NCCCC(C)C.I. The molecule has 25 heavy (non-hydrogen) atoms. The molecular weight excluding hydrogens is 427 g/mol. The minimum Gasteiger partial charge on any atom is -0.357 e. The Kier molecular flexibility index (Phi) is 10.1. The number of hydrogen-bond donors (Lipinski definition) is 2. The highest BCUT2D eigenvalue weighted by molar-refractivity contribution is 14.0. The van der Waals surface area contributed by atoms with Crippen molar-refractivity contribution in [3.8, 4) is 5.69 Å². The molecule has 1 aromatic heterocycles. The van der Waals surface area contributed by atoms with Crippen molar-refractivity contribution in [3.63, 3.8) is 0 Å². The van der Waals surface area contributed by atoms with Crippen molar-refractivity contribution in [2.75, 3.05) is 13.1 Å². The van der Waals surface area contributed by atoms with Crippen molar-refractivity contribution >= 4 is 29.9 Å². The molecule has 138 valence electrons. The van der Waals surface area contributed by atoms with E-state index >= 15 is 0 Å². The van der Waals surface area contributed by atoms with Gasteiger partial charge in [-0.05, 0) is 43.4 Å². The lowest BCUT2D eigenvalue weighted by Crippen LogP contribution is -2.37. The van der Waals surface area contributed by atoms with Crippen LogP contribution in [0.5, 0.6) is 0 Å². The molecule has 2 N–H and O–H groups in total. The van der Waals surface area contributed by atoms with Gasteiger partial charge in [-0.2, -0.15) is 5.10 Å². The van der Waals surface area contributed by atoms with E-state index in [1.165, 1.54) is 18.3 Å². The zero-order chi connectivity index (χ0) is 17.2. The van der Waals surface area contributed by atoms with E-state index in [0.717, 1.165) is 37.1 Å². The van der Waals surface area contributed by atoms with Gasteiger partial charge < -0.3 is 10.6 Å². The normalized spacial score (nSPS) is 11.3. The van der Waals surface area contributed by atoms with Crippen LogP contribution in [0.25, 0.3) is 5.69 Å². The van der Waals surface area contributed by atoms with Gasteiger partial charge in [0.1, 0.15) is 12.7 Å². The standard InChI is InChI=1S/C18H28N6.HI/c1-4-20-18(21-11-5-6-15(2)3)22-12-16-7-9-17(10-8-16)24-14-19-13-23-24;/h7-10,13-15H,4-6,11-12H2,1-3H3,(H2,20,21,22);1H. The summed E-state index contributed by atoms with van der Waals surface area (Å²) >= 11 is 0. The van der Waals surface area contributed by atoms with Gasteiger partial charge in [-0.3, -0.25) is 0 Å². The lowest BCUT2D eigenvalue weighted by Gasteiger charge is -2.12. The molecule has 0 saturated heterocycles. The molecule has 0 unspecified atom stereocenters. The van der Waals surface area contributed by atoms with Crippen molar-refractivity contribution in [2.45, 2.75) is 40.2 Å². The molecule has 0 amide bonds. The Hall–Kier alpha value is -1.64. The van der Waals surface area contributed by atoms with Gasteiger partial charge in [-0.1, -0.05) is 26.0 Å². The molecule has 0 aliphatic carbocycles. The third-order valence-corrected chi connectivity index (χ3v) is 3.63. The van der Waals surface area contributed by atoms with Crippen LogP contribution in [0.3, 0.4) is 0 Å². The Morgan fingerprint density at radius 1 is 1.20 bits per heavy atom. The summed E-state index contributed by atoms with van der Waals surface area (Å²) in [5.74, 6) is 1.62. The van der Waals surface area contributed by atoms with Crippen molar-refractivity contribution in [2.24, 2.45) is 10.9 Å². The quantitative estimate of drug-likeness (QED) is 0.277. The maximum absolute atomic E-state index is 4.65. The van der Waals surface area contributed by atoms with E-state index in [0.29, 0.717) is 6.54 Å². The van der Waals surface area contributed by atoms with Gasteiger partial charge >= 0.3 is 0 Å². The number of hydrogen-bond acceptors (Lipinski definition) is 3. The van der Waals surface area contributed by atoms with Crippen LogP contribution in [0.2, 0.25) is 0 Å². The Morgan fingerprint density at radius 3 is 2.56 bits per heavy atom. The van der Waals surface area contributed by atoms with Gasteiger partial charge in [0.25, 0.3) is 0 Å². The van der Waals surface area contributed by atoms with Crippen LogP contribution in [0.1, 0.15) is 39.2 Å². The monoisotopic (exact) mass is 456 g/mol. The van der Waals surface area contributed by atoms with Gasteiger partial charge in [0, 0.05) is 13.1 Å². The molecule has 0 radical (unpaired) electrons. The van der Waals surface area contributed by atoms with Crippen LogP contribution in [0, 0.1) is 5.92 Å². The molecule has 2 rings (SSSR count). The first kappa shape index (κ1) is 21.4. The first-order valence-electron chi connectivity index (χ1n) is 8.65. The van der Waals surface area contributed by atoms with E-state index in [4.69, 9.17) is 0 Å². The molecule has 1 heterocycles. The van der Waals surface area contributed by atoms with E-state index < -0.39 is 0 Å². The van der Waals surface area contributed by atoms with E-state index in [1.807, 2.05) is 12.1 Å². The lowest BCUT2D eigenvalue weighted by molar-refractivity contribution is 0.549. The third-order valence-electron chi connectivity index (χ3n) is 3.63. The number of nitrogens with zero attached hydrogens (tertiary/aromatic N) is 4. The molecule has 0 bridgehead atoms. The summed E-state index contributed by atoms with van der Waals surface area (Å²) in [5.41, 5.74) is 2.16. The van der Waals surface area contributed by atoms with Crippen LogP contribution < -0.4 is 10.6 Å². The Labute approximate surface area is 167 Å². The molecule has 2 aromatic rings. The Balaban J connectivity index is 0.00000312. The first-order chi connectivity index (χ1) is 11.7. The largest absolute Gasteiger partial charge is 0.357 e. The molecule has 0 atom stereocenters. The van der Waals surface area contributed by atoms with Crippen LogP contribution in [-0.4, -0.2) is 33.8 Å². The number of benzene rings is 1. The predicted octanol–water partition coefficient (Wildman–Crippen LogP) is 3.38. The van der Waals surface area contributed by atoms with Crippen LogP contribution >= 0.6 is 24.0 Å². The van der Waals surface area contributed by atoms with Crippen molar-refractivity contribution in [1.82, 2.24) is 25.4 Å². The fraction of sp³-hybridized carbons (Fsp3) is 0.500. The molecule has 0 saturated carbocycles. The summed E-state index contributed by atoms with van der Waals surface area (Å²) < 4.78 is 1.74. The van der Waals surface area contributed by atoms with Crippen LogP contribution in [0.4, 0.5) is 0 Å². The minimum absolute atomic E-state index is 0. The summed E-state index contributed by atoms with van der Waals surface area (Å²) in [4.78, 5) is 8.61. The third kappa shape index (κ3) is 7.85. The topological polar surface area (TPSA) is 67.1 Å². The second-order valence-electron chi connectivity index (χ2n) is 6.16. The fourth-order valence-electron chi connectivity index (χ4n) is 2.32. The molecule has 1 aromatic carbocycles. The highest BCUT2D eigenvalue weighted by atomic mass is 127. The smallest absolute Gasteiger partial charge is 0.191 e. The van der Waals surface area contributed by atoms with Gasteiger partial charge in [0.05, 0.1) is 12.2 Å². The molecule has 0 fully saturated rings. The van der Waals surface area contributed by atoms with E-state index in [-0.39, 0.29) is 24.0 Å². The maximum atomic E-state index is 4.65. The fourth-order valence-corrected chi connectivity index (χ4v) is 2.32. The van der Waals surface area contributed by atoms with Gasteiger partial charge in [0.2, 0.25) is 0 Å². The number of guanidine groups is 1. The molecule has 0 spiro atoms. The van der Waals surface area contributed by atoms with E-state index in [9.17, 15) is 0 Å². The number of rotatable bonds is 8. The first-order valence-corrected chi connectivity index (χ1v) is 8.65. The average Bonchev–Trinajstić information content (AvgIpc) is 3.11. The lowest BCUT2D eigenvalue weighted by atomic mass is 10.1. The summed E-state index contributed by atoms with van der Waals surface area (Å²) in [6.07, 6.45) is 5.62. The summed E-state index contributed by atoms with van der Waals surface area (Å²) in [6.45, 7) is 9.05. The summed E-state index contributed by atoms with van der Waals surface area (Å²) in [7, 11) is 0.